The Hall–Kier alpha value is -2.25. The molecular weight excluding hydrogens is 364 g/mol. The highest BCUT2D eigenvalue weighted by Crippen LogP contribution is 2.23. The molecular formula is C17H19ClN2O4S. The molecule has 8 heteroatoms. The molecule has 134 valence electrons. The minimum atomic E-state index is -3.46. The number of benzene rings is 2. The van der Waals surface area contributed by atoms with Gasteiger partial charge in [-0.2, -0.15) is 0 Å². The van der Waals surface area contributed by atoms with Crippen LogP contribution in [-0.2, 0) is 10.0 Å². The second kappa shape index (κ2) is 8.22. The Kier molecular flexibility index (Phi) is 6.27. The predicted molar refractivity (Wildman–Crippen MR) is 99.0 cm³/mol. The molecule has 0 aliphatic rings. The van der Waals surface area contributed by atoms with E-state index in [0.29, 0.717) is 16.5 Å². The Morgan fingerprint density at radius 3 is 2.48 bits per heavy atom. The molecule has 0 heterocycles. The summed E-state index contributed by atoms with van der Waals surface area (Å²) in [5, 5.41) is 3.20. The van der Waals surface area contributed by atoms with Gasteiger partial charge in [0.25, 0.3) is 5.91 Å². The second-order valence-corrected chi connectivity index (χ2v) is 7.70. The summed E-state index contributed by atoms with van der Waals surface area (Å²) in [5.74, 6) is 0.157. The number of sulfonamides is 1. The van der Waals surface area contributed by atoms with Crippen molar-refractivity contribution in [2.24, 2.45) is 0 Å². The van der Waals surface area contributed by atoms with E-state index in [1.165, 1.54) is 7.05 Å². The van der Waals surface area contributed by atoms with Crippen LogP contribution in [0.1, 0.15) is 10.4 Å². The molecule has 0 saturated heterocycles. The fraction of sp³-hybridized carbons (Fsp3) is 0.235. The number of halogens is 1. The van der Waals surface area contributed by atoms with Crippen molar-refractivity contribution in [3.8, 4) is 5.75 Å². The van der Waals surface area contributed by atoms with Crippen LogP contribution in [0, 0.1) is 0 Å². The van der Waals surface area contributed by atoms with Crippen molar-refractivity contribution in [2.45, 2.75) is 0 Å². The van der Waals surface area contributed by atoms with Crippen LogP contribution >= 0.6 is 11.6 Å². The molecule has 0 unspecified atom stereocenters. The lowest BCUT2D eigenvalue weighted by Crippen LogP contribution is -2.31. The Bertz CT molecular complexity index is 855. The molecule has 0 spiro atoms. The first-order chi connectivity index (χ1) is 11.8. The quantitative estimate of drug-likeness (QED) is 0.746. The Labute approximate surface area is 152 Å². The number of carbonyl (C=O) groups excluding carboxylic acids is 1. The molecule has 0 aliphatic carbocycles. The largest absolute Gasteiger partial charge is 0.490 e. The van der Waals surface area contributed by atoms with Crippen molar-refractivity contribution in [2.75, 3.05) is 30.8 Å². The first-order valence-electron chi connectivity index (χ1n) is 7.49. The maximum atomic E-state index is 12.4. The summed E-state index contributed by atoms with van der Waals surface area (Å²) in [6.45, 7) is 0.487. The molecule has 0 aromatic heterocycles. The molecule has 0 fully saturated rings. The third-order valence-electron chi connectivity index (χ3n) is 3.47. The maximum Gasteiger partial charge on any atom is 0.253 e. The monoisotopic (exact) mass is 382 g/mol. The number of rotatable bonds is 7. The average molecular weight is 383 g/mol. The number of para-hydroxylation sites is 2. The number of nitrogens with zero attached hydrogens (tertiary/aromatic N) is 1. The van der Waals surface area contributed by atoms with E-state index in [0.717, 1.165) is 10.6 Å². The number of anilines is 1. The van der Waals surface area contributed by atoms with Gasteiger partial charge < -0.3 is 10.1 Å². The van der Waals surface area contributed by atoms with Gasteiger partial charge in [0, 0.05) is 7.05 Å². The van der Waals surface area contributed by atoms with Crippen LogP contribution < -0.4 is 14.4 Å². The molecule has 2 aromatic carbocycles. The van der Waals surface area contributed by atoms with Gasteiger partial charge in [0.15, 0.2) is 0 Å². The molecule has 0 radical (unpaired) electrons. The van der Waals surface area contributed by atoms with Crippen LogP contribution in [0.5, 0.6) is 5.75 Å². The van der Waals surface area contributed by atoms with Gasteiger partial charge in [-0.3, -0.25) is 9.10 Å². The molecule has 0 bridgehead atoms. The molecule has 0 atom stereocenters. The van der Waals surface area contributed by atoms with Gasteiger partial charge in [-0.1, -0.05) is 35.9 Å². The van der Waals surface area contributed by atoms with Crippen LogP contribution in [0.3, 0.4) is 0 Å². The van der Waals surface area contributed by atoms with Crippen LogP contribution in [-0.4, -0.2) is 40.8 Å². The van der Waals surface area contributed by atoms with Crippen molar-refractivity contribution in [3.63, 3.8) is 0 Å². The molecule has 25 heavy (non-hydrogen) atoms. The minimum Gasteiger partial charge on any atom is -0.490 e. The van der Waals surface area contributed by atoms with Gasteiger partial charge >= 0.3 is 0 Å². The van der Waals surface area contributed by atoms with Crippen molar-refractivity contribution >= 4 is 33.2 Å². The van der Waals surface area contributed by atoms with E-state index in [-0.39, 0.29) is 24.6 Å². The average Bonchev–Trinajstić information content (AvgIpc) is 2.58. The van der Waals surface area contributed by atoms with Gasteiger partial charge in [-0.15, -0.1) is 0 Å². The summed E-state index contributed by atoms with van der Waals surface area (Å²) < 4.78 is 30.0. The van der Waals surface area contributed by atoms with E-state index in [2.05, 4.69) is 5.32 Å². The van der Waals surface area contributed by atoms with E-state index in [9.17, 15) is 13.2 Å². The van der Waals surface area contributed by atoms with Crippen LogP contribution in [0.2, 0.25) is 5.02 Å². The Balaban J connectivity index is 1.99. The smallest absolute Gasteiger partial charge is 0.253 e. The van der Waals surface area contributed by atoms with Gasteiger partial charge in [-0.05, 0) is 24.3 Å². The SMILES string of the molecule is CN(c1ccccc1C(=O)NCCOc1ccccc1Cl)S(C)(=O)=O. The Morgan fingerprint density at radius 1 is 1.16 bits per heavy atom. The summed E-state index contributed by atoms with van der Waals surface area (Å²) in [6, 6.07) is 13.6. The number of hydrogen-bond acceptors (Lipinski definition) is 4. The van der Waals surface area contributed by atoms with Crippen LogP contribution in [0.25, 0.3) is 0 Å². The summed E-state index contributed by atoms with van der Waals surface area (Å²) in [7, 11) is -2.06. The molecule has 2 rings (SSSR count). The molecule has 2 aromatic rings. The lowest BCUT2D eigenvalue weighted by molar-refractivity contribution is 0.0947. The Morgan fingerprint density at radius 2 is 1.80 bits per heavy atom. The van der Waals surface area contributed by atoms with Crippen molar-refractivity contribution in [1.82, 2.24) is 5.32 Å². The highest BCUT2D eigenvalue weighted by Gasteiger charge is 2.19. The highest BCUT2D eigenvalue weighted by atomic mass is 35.5. The standard InChI is InChI=1S/C17H19ClN2O4S/c1-20(25(2,22)23)15-9-5-3-7-13(15)17(21)19-11-12-24-16-10-6-4-8-14(16)18/h3-10H,11-12H2,1-2H3,(H,19,21). The van der Waals surface area contributed by atoms with Gasteiger partial charge in [-0.25, -0.2) is 8.42 Å². The van der Waals surface area contributed by atoms with E-state index >= 15 is 0 Å². The van der Waals surface area contributed by atoms with E-state index in [4.69, 9.17) is 16.3 Å². The van der Waals surface area contributed by atoms with Gasteiger partial charge in [0.1, 0.15) is 12.4 Å². The molecule has 1 amide bonds. The molecule has 1 N–H and O–H groups in total. The van der Waals surface area contributed by atoms with Gasteiger partial charge in [0.05, 0.1) is 29.1 Å². The number of ether oxygens (including phenoxy) is 1. The number of hydrogen-bond donors (Lipinski definition) is 1. The number of amides is 1. The zero-order valence-electron chi connectivity index (χ0n) is 13.9. The van der Waals surface area contributed by atoms with Crippen LogP contribution in [0.15, 0.2) is 48.5 Å². The predicted octanol–water partition coefficient (Wildman–Crippen LogP) is 2.54. The maximum absolute atomic E-state index is 12.4. The summed E-state index contributed by atoms with van der Waals surface area (Å²) in [6.07, 6.45) is 1.08. The summed E-state index contributed by atoms with van der Waals surface area (Å²) >= 11 is 5.99. The number of nitrogens with one attached hydrogen (secondary N) is 1. The third-order valence-corrected chi connectivity index (χ3v) is 4.97. The first kappa shape index (κ1) is 19.1. The van der Waals surface area contributed by atoms with E-state index in [1.807, 2.05) is 0 Å². The third kappa shape index (κ3) is 5.11. The first-order valence-corrected chi connectivity index (χ1v) is 9.72. The molecule has 0 saturated carbocycles. The summed E-state index contributed by atoms with van der Waals surface area (Å²) in [4.78, 5) is 12.4. The topological polar surface area (TPSA) is 75.7 Å². The lowest BCUT2D eigenvalue weighted by atomic mass is 10.1. The van der Waals surface area contributed by atoms with E-state index in [1.54, 1.807) is 48.5 Å². The minimum absolute atomic E-state index is 0.236. The number of carbonyl (C=O) groups is 1. The molecule has 0 aliphatic heterocycles. The zero-order valence-corrected chi connectivity index (χ0v) is 15.5. The van der Waals surface area contributed by atoms with Crippen LogP contribution in [0.4, 0.5) is 5.69 Å². The lowest BCUT2D eigenvalue weighted by Gasteiger charge is -2.19. The zero-order chi connectivity index (χ0) is 18.4. The van der Waals surface area contributed by atoms with Crippen molar-refractivity contribution in [3.05, 3.63) is 59.1 Å². The molecule has 6 nitrogen and oxygen atoms in total. The fourth-order valence-electron chi connectivity index (χ4n) is 2.10. The summed E-state index contributed by atoms with van der Waals surface area (Å²) in [5.41, 5.74) is 0.586. The van der Waals surface area contributed by atoms with Gasteiger partial charge in [0.2, 0.25) is 10.0 Å². The highest BCUT2D eigenvalue weighted by molar-refractivity contribution is 7.92. The van der Waals surface area contributed by atoms with E-state index < -0.39 is 10.0 Å². The van der Waals surface area contributed by atoms with Crippen molar-refractivity contribution < 1.29 is 17.9 Å². The van der Waals surface area contributed by atoms with Crippen molar-refractivity contribution in [1.29, 1.82) is 0 Å². The normalized spacial score (nSPS) is 11.0. The fourth-order valence-corrected chi connectivity index (χ4v) is 2.81. The second-order valence-electron chi connectivity index (χ2n) is 5.28.